The number of rotatable bonds is 4. The van der Waals surface area contributed by atoms with E-state index in [9.17, 15) is 14.0 Å². The number of amides is 1. The fraction of sp³-hybridized carbons (Fsp3) is 0.150. The summed E-state index contributed by atoms with van der Waals surface area (Å²) >= 11 is 0. The molecule has 1 amide bonds. The Hall–Kier alpha value is -3.28. The van der Waals surface area contributed by atoms with E-state index >= 15 is 0 Å². The summed E-state index contributed by atoms with van der Waals surface area (Å²) in [6.07, 6.45) is 0. The van der Waals surface area contributed by atoms with Crippen molar-refractivity contribution in [2.75, 3.05) is 5.32 Å². The Morgan fingerprint density at radius 2 is 1.81 bits per heavy atom. The van der Waals surface area contributed by atoms with E-state index in [-0.39, 0.29) is 23.6 Å². The molecule has 132 valence electrons. The van der Waals surface area contributed by atoms with Crippen LogP contribution in [0, 0.1) is 19.7 Å². The first kappa shape index (κ1) is 17.5. The van der Waals surface area contributed by atoms with Crippen LogP contribution in [0.1, 0.15) is 27.2 Å². The van der Waals surface area contributed by atoms with Gasteiger partial charge in [-0.3, -0.25) is 9.59 Å². The van der Waals surface area contributed by atoms with Gasteiger partial charge in [-0.25, -0.2) is 9.07 Å². The number of hydrogen-bond acceptors (Lipinski definition) is 3. The summed E-state index contributed by atoms with van der Waals surface area (Å²) in [4.78, 5) is 24.5. The lowest BCUT2D eigenvalue weighted by molar-refractivity contribution is 0.102. The molecule has 0 unspecified atom stereocenters. The molecule has 0 aliphatic rings. The Labute approximate surface area is 150 Å². The minimum absolute atomic E-state index is 0.131. The van der Waals surface area contributed by atoms with Gasteiger partial charge in [-0.2, -0.15) is 5.10 Å². The number of nitrogens with zero attached hydrogens (tertiary/aromatic N) is 2. The molecular formula is C20H18FN3O2. The second kappa shape index (κ2) is 7.31. The number of nitrogens with one attached hydrogen (secondary N) is 1. The number of anilines is 1. The highest BCUT2D eigenvalue weighted by molar-refractivity contribution is 6.03. The predicted octanol–water partition coefficient (Wildman–Crippen LogP) is 3.30. The molecule has 0 aliphatic heterocycles. The molecule has 0 bridgehead atoms. The zero-order valence-electron chi connectivity index (χ0n) is 14.5. The van der Waals surface area contributed by atoms with Crippen LogP contribution in [0.5, 0.6) is 0 Å². The molecule has 0 fully saturated rings. The summed E-state index contributed by atoms with van der Waals surface area (Å²) in [6, 6.07) is 14.2. The highest BCUT2D eigenvalue weighted by atomic mass is 19.1. The molecular weight excluding hydrogens is 333 g/mol. The Morgan fingerprint density at radius 1 is 1.08 bits per heavy atom. The van der Waals surface area contributed by atoms with Crippen LogP contribution in [0.3, 0.4) is 0 Å². The first-order chi connectivity index (χ1) is 12.4. The number of carbonyl (C=O) groups excluding carboxylic acids is 1. The number of aromatic nitrogens is 2. The van der Waals surface area contributed by atoms with E-state index in [0.29, 0.717) is 11.3 Å². The van der Waals surface area contributed by atoms with Crippen LogP contribution in [-0.2, 0) is 6.54 Å². The smallest absolute Gasteiger partial charge is 0.276 e. The highest BCUT2D eigenvalue weighted by Gasteiger charge is 2.11. The molecule has 26 heavy (non-hydrogen) atoms. The van der Waals surface area contributed by atoms with Crippen LogP contribution in [0.15, 0.2) is 59.4 Å². The molecule has 5 nitrogen and oxygen atoms in total. The first-order valence-electron chi connectivity index (χ1n) is 8.13. The maximum absolute atomic E-state index is 13.0. The molecule has 0 spiro atoms. The summed E-state index contributed by atoms with van der Waals surface area (Å²) < 4.78 is 14.2. The summed E-state index contributed by atoms with van der Waals surface area (Å²) in [5, 5.41) is 6.94. The number of halogens is 1. The average Bonchev–Trinajstić information content (AvgIpc) is 2.61. The number of aryl methyl sites for hydroxylation is 2. The van der Waals surface area contributed by atoms with Crippen LogP contribution in [-0.4, -0.2) is 15.7 Å². The van der Waals surface area contributed by atoms with Gasteiger partial charge >= 0.3 is 0 Å². The number of carbonyl (C=O) groups is 1. The lowest BCUT2D eigenvalue weighted by Crippen LogP contribution is -2.26. The standard InChI is InChI=1S/C20H18FN3O2/c1-13-3-8-17(14(2)11-13)22-20(26)18-9-10-19(25)24(23-18)12-15-4-6-16(21)7-5-15/h3-11H,12H2,1-2H3,(H,22,26). The normalized spacial score (nSPS) is 10.6. The van der Waals surface area contributed by atoms with Crippen LogP contribution in [0.2, 0.25) is 0 Å². The van der Waals surface area contributed by atoms with E-state index in [2.05, 4.69) is 10.4 Å². The van der Waals surface area contributed by atoms with Gasteiger partial charge in [0.25, 0.3) is 11.5 Å². The molecule has 2 aromatic carbocycles. The van der Waals surface area contributed by atoms with Gasteiger partial charge < -0.3 is 5.32 Å². The van der Waals surface area contributed by atoms with Gasteiger partial charge in [-0.15, -0.1) is 0 Å². The van der Waals surface area contributed by atoms with Gasteiger partial charge in [-0.1, -0.05) is 29.8 Å². The van der Waals surface area contributed by atoms with Crippen molar-refractivity contribution in [2.45, 2.75) is 20.4 Å². The molecule has 0 saturated carbocycles. The minimum atomic E-state index is -0.398. The molecule has 1 N–H and O–H groups in total. The van der Waals surface area contributed by atoms with Gasteiger partial charge in [-0.05, 0) is 49.2 Å². The van der Waals surface area contributed by atoms with E-state index in [1.807, 2.05) is 32.0 Å². The van der Waals surface area contributed by atoms with Crippen molar-refractivity contribution in [1.29, 1.82) is 0 Å². The Balaban J connectivity index is 1.83. The van der Waals surface area contributed by atoms with Gasteiger partial charge in [0, 0.05) is 11.8 Å². The van der Waals surface area contributed by atoms with Crippen molar-refractivity contribution >= 4 is 11.6 Å². The summed E-state index contributed by atoms with van der Waals surface area (Å²) in [6.45, 7) is 4.04. The largest absolute Gasteiger partial charge is 0.320 e. The minimum Gasteiger partial charge on any atom is -0.320 e. The molecule has 3 aromatic rings. The van der Waals surface area contributed by atoms with Crippen LogP contribution in [0.4, 0.5) is 10.1 Å². The fourth-order valence-electron chi connectivity index (χ4n) is 2.59. The van der Waals surface area contributed by atoms with E-state index in [1.54, 1.807) is 12.1 Å². The zero-order chi connectivity index (χ0) is 18.7. The Kier molecular flexibility index (Phi) is 4.93. The third-order valence-electron chi connectivity index (χ3n) is 3.97. The topological polar surface area (TPSA) is 64.0 Å². The van der Waals surface area contributed by atoms with E-state index in [1.165, 1.54) is 28.9 Å². The SMILES string of the molecule is Cc1ccc(NC(=O)c2ccc(=O)n(Cc3ccc(F)cc3)n2)c(C)c1. The van der Waals surface area contributed by atoms with Crippen LogP contribution < -0.4 is 10.9 Å². The van der Waals surface area contributed by atoms with Crippen LogP contribution in [0.25, 0.3) is 0 Å². The molecule has 1 aromatic heterocycles. The fourth-order valence-corrected chi connectivity index (χ4v) is 2.59. The average molecular weight is 351 g/mol. The second-order valence-electron chi connectivity index (χ2n) is 6.11. The molecule has 0 atom stereocenters. The Morgan fingerprint density at radius 3 is 2.50 bits per heavy atom. The third-order valence-corrected chi connectivity index (χ3v) is 3.97. The second-order valence-corrected chi connectivity index (χ2v) is 6.11. The zero-order valence-corrected chi connectivity index (χ0v) is 14.5. The maximum Gasteiger partial charge on any atom is 0.276 e. The van der Waals surface area contributed by atoms with Crippen LogP contribution >= 0.6 is 0 Å². The predicted molar refractivity (Wildman–Crippen MR) is 97.9 cm³/mol. The number of hydrogen-bond donors (Lipinski definition) is 1. The quantitative estimate of drug-likeness (QED) is 0.784. The van der Waals surface area contributed by atoms with E-state index in [4.69, 9.17) is 0 Å². The van der Waals surface area contributed by atoms with Crippen molar-refractivity contribution in [1.82, 2.24) is 9.78 Å². The molecule has 0 saturated heterocycles. The van der Waals surface area contributed by atoms with E-state index in [0.717, 1.165) is 11.1 Å². The van der Waals surface area contributed by atoms with Gasteiger partial charge in [0.1, 0.15) is 11.5 Å². The first-order valence-corrected chi connectivity index (χ1v) is 8.13. The van der Waals surface area contributed by atoms with Gasteiger partial charge in [0.15, 0.2) is 0 Å². The van der Waals surface area contributed by atoms with E-state index < -0.39 is 5.91 Å². The van der Waals surface area contributed by atoms with Crippen molar-refractivity contribution < 1.29 is 9.18 Å². The lowest BCUT2D eigenvalue weighted by Gasteiger charge is -2.10. The molecule has 3 rings (SSSR count). The molecule has 6 heteroatoms. The summed E-state index contributed by atoms with van der Waals surface area (Å²) in [5.41, 5.74) is 3.25. The van der Waals surface area contributed by atoms with Gasteiger partial charge in [0.2, 0.25) is 0 Å². The molecule has 0 radical (unpaired) electrons. The summed E-state index contributed by atoms with van der Waals surface area (Å²) in [5.74, 6) is -0.750. The lowest BCUT2D eigenvalue weighted by atomic mass is 10.1. The van der Waals surface area contributed by atoms with Crippen molar-refractivity contribution in [3.05, 3.63) is 93.2 Å². The Bertz CT molecular complexity index is 1010. The third kappa shape index (κ3) is 4.03. The van der Waals surface area contributed by atoms with Crippen molar-refractivity contribution in [3.63, 3.8) is 0 Å². The van der Waals surface area contributed by atoms with Gasteiger partial charge in [0.05, 0.1) is 6.54 Å². The molecule has 0 aliphatic carbocycles. The number of benzene rings is 2. The van der Waals surface area contributed by atoms with Crippen molar-refractivity contribution in [2.24, 2.45) is 0 Å². The van der Waals surface area contributed by atoms with Crippen molar-refractivity contribution in [3.8, 4) is 0 Å². The highest BCUT2D eigenvalue weighted by Crippen LogP contribution is 2.16. The summed E-state index contributed by atoms with van der Waals surface area (Å²) in [7, 11) is 0. The monoisotopic (exact) mass is 351 g/mol. The molecule has 1 heterocycles. The maximum atomic E-state index is 13.0.